The van der Waals surface area contributed by atoms with Gasteiger partial charge in [0, 0.05) is 0 Å². The van der Waals surface area contributed by atoms with Gasteiger partial charge in [-0.2, -0.15) is 0 Å². The number of fused-ring (bicyclic) bond motifs is 3. The third kappa shape index (κ3) is 1.72. The van der Waals surface area contributed by atoms with Gasteiger partial charge in [0.05, 0.1) is 0 Å². The van der Waals surface area contributed by atoms with Crippen molar-refractivity contribution in [2.45, 2.75) is 64.0 Å². The number of halogens is 1. The van der Waals surface area contributed by atoms with Gasteiger partial charge >= 0.3 is 0 Å². The van der Waals surface area contributed by atoms with Crippen molar-refractivity contribution in [3.05, 3.63) is 0 Å². The number of alkyl halides is 1. The molecule has 0 aromatic carbocycles. The van der Waals surface area contributed by atoms with Gasteiger partial charge in [-0.25, -0.2) is 4.39 Å². The van der Waals surface area contributed by atoms with E-state index in [1.807, 2.05) is 0 Å². The average Bonchev–Trinajstić information content (AvgIpc) is 2.29. The molecular formula is C14H23F. The van der Waals surface area contributed by atoms with Crippen LogP contribution in [0.1, 0.15) is 57.8 Å². The quantitative estimate of drug-likeness (QED) is 0.558. The monoisotopic (exact) mass is 210 g/mol. The molecule has 0 radical (unpaired) electrons. The van der Waals surface area contributed by atoms with Gasteiger partial charge in [-0.1, -0.05) is 25.7 Å². The van der Waals surface area contributed by atoms with E-state index in [0.717, 1.165) is 30.6 Å². The maximum absolute atomic E-state index is 13.9. The summed E-state index contributed by atoms with van der Waals surface area (Å²) in [6.07, 6.45) is 11.2. The molecule has 5 atom stereocenters. The van der Waals surface area contributed by atoms with Crippen LogP contribution in [0.15, 0.2) is 0 Å². The summed E-state index contributed by atoms with van der Waals surface area (Å²) >= 11 is 0. The second-order valence-corrected chi connectivity index (χ2v) is 6.06. The summed E-state index contributed by atoms with van der Waals surface area (Å²) in [5.74, 6) is 3.12. The summed E-state index contributed by atoms with van der Waals surface area (Å²) in [5.41, 5.74) is 0. The molecule has 0 heterocycles. The Kier molecular flexibility index (Phi) is 2.74. The van der Waals surface area contributed by atoms with Crippen LogP contribution in [0.25, 0.3) is 0 Å². The summed E-state index contributed by atoms with van der Waals surface area (Å²) in [5, 5.41) is 0. The lowest BCUT2D eigenvalue weighted by atomic mass is 9.57. The molecule has 0 amide bonds. The van der Waals surface area contributed by atoms with E-state index >= 15 is 0 Å². The van der Waals surface area contributed by atoms with E-state index < -0.39 is 6.17 Å². The Morgan fingerprint density at radius 1 is 0.600 bits per heavy atom. The van der Waals surface area contributed by atoms with Gasteiger partial charge in [0.1, 0.15) is 6.17 Å². The summed E-state index contributed by atoms with van der Waals surface area (Å²) in [6, 6.07) is 0. The molecule has 0 saturated heterocycles. The molecule has 3 rings (SSSR count). The van der Waals surface area contributed by atoms with E-state index in [1.165, 1.54) is 44.9 Å². The van der Waals surface area contributed by atoms with E-state index in [0.29, 0.717) is 5.92 Å². The Morgan fingerprint density at radius 3 is 2.33 bits per heavy atom. The van der Waals surface area contributed by atoms with Crippen molar-refractivity contribution in [1.82, 2.24) is 0 Å². The lowest BCUT2D eigenvalue weighted by Gasteiger charge is -2.49. The molecule has 0 N–H and O–H groups in total. The first-order valence-electron chi connectivity index (χ1n) is 7.00. The Morgan fingerprint density at radius 2 is 1.40 bits per heavy atom. The van der Waals surface area contributed by atoms with Crippen LogP contribution < -0.4 is 0 Å². The van der Waals surface area contributed by atoms with Crippen LogP contribution in [0.4, 0.5) is 4.39 Å². The largest absolute Gasteiger partial charge is 0.247 e. The second kappa shape index (κ2) is 4.07. The highest BCUT2D eigenvalue weighted by Crippen LogP contribution is 2.51. The van der Waals surface area contributed by atoms with E-state index in [-0.39, 0.29) is 0 Å². The van der Waals surface area contributed by atoms with Crippen molar-refractivity contribution in [3.8, 4) is 0 Å². The first-order chi connectivity index (χ1) is 7.36. The van der Waals surface area contributed by atoms with Crippen molar-refractivity contribution >= 4 is 0 Å². The molecule has 0 aromatic heterocycles. The predicted molar refractivity (Wildman–Crippen MR) is 60.4 cm³/mol. The molecule has 0 spiro atoms. The molecule has 3 aliphatic rings. The minimum absolute atomic E-state index is 0.452. The number of hydrogen-bond acceptors (Lipinski definition) is 0. The molecule has 0 aliphatic heterocycles. The van der Waals surface area contributed by atoms with Crippen molar-refractivity contribution in [3.63, 3.8) is 0 Å². The lowest BCUT2D eigenvalue weighted by molar-refractivity contribution is -0.0153. The van der Waals surface area contributed by atoms with Gasteiger partial charge < -0.3 is 0 Å². The standard InChI is InChI=1S/C14H23F/c15-14-7-3-6-12-11-5-2-1-4-10(11)8-9-13(12)14/h10-14H,1-9H2. The maximum Gasteiger partial charge on any atom is 0.103 e. The van der Waals surface area contributed by atoms with Gasteiger partial charge in [0.15, 0.2) is 0 Å². The minimum Gasteiger partial charge on any atom is -0.247 e. The molecule has 0 bridgehead atoms. The molecule has 15 heavy (non-hydrogen) atoms. The SMILES string of the molecule is FC1CCCC2C1CCC1CCCCC12. The molecule has 0 aromatic rings. The summed E-state index contributed by atoms with van der Waals surface area (Å²) < 4.78 is 13.9. The van der Waals surface area contributed by atoms with E-state index in [4.69, 9.17) is 0 Å². The normalized spacial score (nSPS) is 50.6. The van der Waals surface area contributed by atoms with Crippen molar-refractivity contribution in [1.29, 1.82) is 0 Å². The van der Waals surface area contributed by atoms with Gasteiger partial charge in [-0.15, -0.1) is 0 Å². The van der Waals surface area contributed by atoms with Crippen LogP contribution in [0.2, 0.25) is 0 Å². The summed E-state index contributed by atoms with van der Waals surface area (Å²) in [4.78, 5) is 0. The second-order valence-electron chi connectivity index (χ2n) is 6.06. The maximum atomic E-state index is 13.9. The Balaban J connectivity index is 1.76. The molecular weight excluding hydrogens is 187 g/mol. The average molecular weight is 210 g/mol. The van der Waals surface area contributed by atoms with Gasteiger partial charge in [0.25, 0.3) is 0 Å². The van der Waals surface area contributed by atoms with E-state index in [9.17, 15) is 4.39 Å². The van der Waals surface area contributed by atoms with Crippen LogP contribution >= 0.6 is 0 Å². The lowest BCUT2D eigenvalue weighted by Crippen LogP contribution is -2.42. The zero-order valence-electron chi connectivity index (χ0n) is 9.63. The third-order valence-electron chi connectivity index (χ3n) is 5.42. The highest BCUT2D eigenvalue weighted by atomic mass is 19.1. The molecule has 0 nitrogen and oxygen atoms in total. The van der Waals surface area contributed by atoms with Gasteiger partial charge in [-0.05, 0) is 55.8 Å². The predicted octanol–water partition coefficient (Wildman–Crippen LogP) is 4.34. The highest BCUT2D eigenvalue weighted by molar-refractivity contribution is 4.94. The Bertz CT molecular complexity index is 225. The summed E-state index contributed by atoms with van der Waals surface area (Å²) in [7, 11) is 0. The number of hydrogen-bond donors (Lipinski definition) is 0. The molecule has 3 saturated carbocycles. The molecule has 86 valence electrons. The van der Waals surface area contributed by atoms with Crippen molar-refractivity contribution in [2.75, 3.05) is 0 Å². The molecule has 3 aliphatic carbocycles. The molecule has 5 unspecified atom stereocenters. The van der Waals surface area contributed by atoms with Crippen LogP contribution in [0.3, 0.4) is 0 Å². The van der Waals surface area contributed by atoms with Gasteiger partial charge in [-0.3, -0.25) is 0 Å². The Labute approximate surface area is 92.6 Å². The highest BCUT2D eigenvalue weighted by Gasteiger charge is 2.44. The minimum atomic E-state index is -0.452. The van der Waals surface area contributed by atoms with Crippen LogP contribution in [0.5, 0.6) is 0 Å². The first kappa shape index (κ1) is 10.1. The molecule has 1 heteroatoms. The van der Waals surface area contributed by atoms with Gasteiger partial charge in [0.2, 0.25) is 0 Å². The van der Waals surface area contributed by atoms with Crippen molar-refractivity contribution in [2.24, 2.45) is 23.7 Å². The van der Waals surface area contributed by atoms with Crippen LogP contribution in [-0.2, 0) is 0 Å². The fraction of sp³-hybridized carbons (Fsp3) is 1.00. The first-order valence-corrected chi connectivity index (χ1v) is 7.00. The topological polar surface area (TPSA) is 0 Å². The zero-order valence-corrected chi connectivity index (χ0v) is 9.63. The van der Waals surface area contributed by atoms with E-state index in [2.05, 4.69) is 0 Å². The van der Waals surface area contributed by atoms with Crippen LogP contribution in [0, 0.1) is 23.7 Å². The molecule has 3 fully saturated rings. The van der Waals surface area contributed by atoms with Crippen molar-refractivity contribution < 1.29 is 4.39 Å². The zero-order chi connectivity index (χ0) is 10.3. The van der Waals surface area contributed by atoms with Crippen LogP contribution in [-0.4, -0.2) is 6.17 Å². The third-order valence-corrected chi connectivity index (χ3v) is 5.42. The fourth-order valence-electron chi connectivity index (χ4n) is 4.74. The van der Waals surface area contributed by atoms with E-state index in [1.54, 1.807) is 0 Å². The smallest absolute Gasteiger partial charge is 0.103 e. The number of rotatable bonds is 0. The fourth-order valence-corrected chi connectivity index (χ4v) is 4.74. The Hall–Kier alpha value is -0.0700. The summed E-state index contributed by atoms with van der Waals surface area (Å²) in [6.45, 7) is 0.